The van der Waals surface area contributed by atoms with E-state index < -0.39 is 34.3 Å². The van der Waals surface area contributed by atoms with Gasteiger partial charge in [-0.1, -0.05) is 11.6 Å². The quantitative estimate of drug-likeness (QED) is 0.271. The normalized spacial score (nSPS) is 17.5. The molecule has 0 atom stereocenters. The van der Waals surface area contributed by atoms with Gasteiger partial charge >= 0.3 is 6.18 Å². The number of nitrogens with one attached hydrogen (secondary N) is 1. The lowest BCUT2D eigenvalue weighted by atomic mass is 10.0. The summed E-state index contributed by atoms with van der Waals surface area (Å²) in [6.07, 6.45) is -1.36. The minimum atomic E-state index is -4.62. The van der Waals surface area contributed by atoms with Gasteiger partial charge in [-0.2, -0.15) is 18.3 Å². The smallest absolute Gasteiger partial charge is 0.299 e. The van der Waals surface area contributed by atoms with Crippen LogP contribution >= 0.6 is 23.5 Å². The van der Waals surface area contributed by atoms with Gasteiger partial charge < -0.3 is 0 Å². The highest BCUT2D eigenvalue weighted by atomic mass is 35.5. The summed E-state index contributed by atoms with van der Waals surface area (Å²) in [6.45, 7) is 2.76. The molecule has 1 aromatic heterocycles. The van der Waals surface area contributed by atoms with Gasteiger partial charge in [-0.3, -0.25) is 19.1 Å². The zero-order valence-corrected chi connectivity index (χ0v) is 21.4. The Morgan fingerprint density at radius 3 is 2.49 bits per heavy atom. The average molecular weight is 559 g/mol. The zero-order valence-electron chi connectivity index (χ0n) is 19.8. The van der Waals surface area contributed by atoms with Gasteiger partial charge in [-0.25, -0.2) is 8.78 Å². The molecule has 1 saturated carbocycles. The highest BCUT2D eigenvalue weighted by molar-refractivity contribution is 7.98. The molecular weight excluding hydrogens is 535 g/mol. The van der Waals surface area contributed by atoms with E-state index in [2.05, 4.69) is 9.82 Å². The average Bonchev–Trinajstić information content (AvgIpc) is 3.62. The third kappa shape index (κ3) is 5.58. The van der Waals surface area contributed by atoms with Gasteiger partial charge in [0.15, 0.2) is 0 Å². The number of carbonyl (C=O) groups excluding carboxylic acids is 1. The van der Waals surface area contributed by atoms with E-state index in [0.717, 1.165) is 18.9 Å². The van der Waals surface area contributed by atoms with Crippen molar-refractivity contribution in [3.8, 4) is 0 Å². The Morgan fingerprint density at radius 2 is 1.84 bits per heavy atom. The maximum atomic E-state index is 14.9. The summed E-state index contributed by atoms with van der Waals surface area (Å²) >= 11 is 7.04. The van der Waals surface area contributed by atoms with Gasteiger partial charge in [-0.15, -0.1) is 0 Å². The lowest BCUT2D eigenvalue weighted by Gasteiger charge is -2.32. The van der Waals surface area contributed by atoms with Crippen molar-refractivity contribution >= 4 is 40.4 Å². The monoisotopic (exact) mass is 558 g/mol. The minimum absolute atomic E-state index is 0.00690. The molecule has 3 aromatic rings. The number of halogens is 6. The number of piperidine rings is 1. The third-order valence-electron chi connectivity index (χ3n) is 6.79. The number of nitrogens with zero attached hydrogens (tertiary/aromatic N) is 3. The Bertz CT molecular complexity index is 1350. The van der Waals surface area contributed by atoms with Crippen LogP contribution in [0.25, 0.3) is 10.9 Å². The van der Waals surface area contributed by atoms with E-state index >= 15 is 0 Å². The standard InChI is InChI=1S/C25H24ClF5N4OS/c1-13-18-10-19(24(36)33-37-17-2-3-17)21(27)11-22(18)35(32-13)16-4-6-34(7-5-16)12-14-8-15(25(29,30)31)9-20(26)23(14)28/h8-11,16-17H,2-7,12H2,1H3,(H,33,36). The van der Waals surface area contributed by atoms with Crippen LogP contribution in [0.2, 0.25) is 5.02 Å². The predicted molar refractivity (Wildman–Crippen MR) is 132 cm³/mol. The number of carbonyl (C=O) groups is 1. The number of aryl methyl sites for hydroxylation is 1. The van der Waals surface area contributed by atoms with Crippen molar-refractivity contribution in [1.82, 2.24) is 19.4 Å². The van der Waals surface area contributed by atoms with Crippen molar-refractivity contribution in [2.45, 2.75) is 56.6 Å². The molecule has 1 amide bonds. The molecule has 2 heterocycles. The fourth-order valence-corrected chi connectivity index (χ4v) is 5.62. The first-order valence-electron chi connectivity index (χ1n) is 11.9. The van der Waals surface area contributed by atoms with Crippen LogP contribution in [0, 0.1) is 18.6 Å². The van der Waals surface area contributed by atoms with E-state index in [0.29, 0.717) is 53.8 Å². The molecule has 1 aliphatic heterocycles. The Labute approximate surface area is 219 Å². The Balaban J connectivity index is 1.30. The van der Waals surface area contributed by atoms with Gasteiger partial charge in [0.2, 0.25) is 0 Å². The highest BCUT2D eigenvalue weighted by Crippen LogP contribution is 2.35. The van der Waals surface area contributed by atoms with Crippen LogP contribution in [0.1, 0.15) is 58.9 Å². The Morgan fingerprint density at radius 1 is 1.14 bits per heavy atom. The van der Waals surface area contributed by atoms with Crippen molar-refractivity contribution < 1.29 is 26.7 Å². The molecule has 5 rings (SSSR count). The molecular formula is C25H24ClF5N4OS. The molecule has 12 heteroatoms. The SMILES string of the molecule is Cc1nn(C2CCN(Cc3cc(C(F)(F)F)cc(Cl)c3F)CC2)c2cc(F)c(C(=O)NSC3CC3)cc12. The van der Waals surface area contributed by atoms with Crippen molar-refractivity contribution in [2.75, 3.05) is 13.1 Å². The van der Waals surface area contributed by atoms with Crippen LogP contribution in [0.5, 0.6) is 0 Å². The van der Waals surface area contributed by atoms with E-state index in [1.165, 1.54) is 24.1 Å². The number of fused-ring (bicyclic) bond motifs is 1. The largest absolute Gasteiger partial charge is 0.416 e. The number of amides is 1. The van der Waals surface area contributed by atoms with Gasteiger partial charge in [0.25, 0.3) is 5.91 Å². The summed E-state index contributed by atoms with van der Waals surface area (Å²) in [6, 6.07) is 4.18. The maximum absolute atomic E-state index is 14.9. The van der Waals surface area contributed by atoms with Gasteiger partial charge in [0.05, 0.1) is 33.4 Å². The van der Waals surface area contributed by atoms with E-state index in [1.54, 1.807) is 11.6 Å². The van der Waals surface area contributed by atoms with Crippen LogP contribution in [0.15, 0.2) is 24.3 Å². The summed E-state index contributed by atoms with van der Waals surface area (Å²) in [5.74, 6) is -1.95. The summed E-state index contributed by atoms with van der Waals surface area (Å²) in [4.78, 5) is 14.3. The zero-order chi connectivity index (χ0) is 26.5. The number of likely N-dealkylation sites (tertiary alicyclic amines) is 1. The molecule has 2 aliphatic rings. The molecule has 0 spiro atoms. The molecule has 2 aromatic carbocycles. The number of benzene rings is 2. The highest BCUT2D eigenvalue weighted by Gasteiger charge is 2.33. The van der Waals surface area contributed by atoms with E-state index in [-0.39, 0.29) is 23.7 Å². The van der Waals surface area contributed by atoms with E-state index in [9.17, 15) is 26.7 Å². The first-order valence-corrected chi connectivity index (χ1v) is 13.2. The molecule has 1 saturated heterocycles. The van der Waals surface area contributed by atoms with Crippen LogP contribution in [-0.4, -0.2) is 38.9 Å². The molecule has 0 radical (unpaired) electrons. The second-order valence-electron chi connectivity index (χ2n) is 9.56. The van der Waals surface area contributed by atoms with Gasteiger partial charge in [0.1, 0.15) is 11.6 Å². The number of hydrogen-bond acceptors (Lipinski definition) is 4. The van der Waals surface area contributed by atoms with Crippen LogP contribution in [0.3, 0.4) is 0 Å². The maximum Gasteiger partial charge on any atom is 0.416 e. The van der Waals surface area contributed by atoms with Crippen molar-refractivity contribution in [3.63, 3.8) is 0 Å². The summed E-state index contributed by atoms with van der Waals surface area (Å²) in [7, 11) is 0. The number of aromatic nitrogens is 2. The number of rotatable bonds is 6. The summed E-state index contributed by atoms with van der Waals surface area (Å²) in [5, 5.41) is 5.13. The summed E-state index contributed by atoms with van der Waals surface area (Å²) in [5.41, 5.74) is 0.132. The first-order chi connectivity index (χ1) is 17.5. The lowest BCUT2D eigenvalue weighted by Crippen LogP contribution is -2.34. The van der Waals surface area contributed by atoms with E-state index in [4.69, 9.17) is 11.6 Å². The molecule has 198 valence electrons. The first kappa shape index (κ1) is 26.2. The van der Waals surface area contributed by atoms with Crippen LogP contribution in [-0.2, 0) is 12.7 Å². The second kappa shape index (κ2) is 10.1. The van der Waals surface area contributed by atoms with Crippen LogP contribution < -0.4 is 4.72 Å². The fraction of sp³-hybridized carbons (Fsp3) is 0.440. The molecule has 1 aliphatic carbocycles. The fourth-order valence-electron chi connectivity index (χ4n) is 4.63. The number of hydrogen-bond donors (Lipinski definition) is 1. The minimum Gasteiger partial charge on any atom is -0.299 e. The van der Waals surface area contributed by atoms with Gasteiger partial charge in [-0.05, 0) is 62.8 Å². The molecule has 2 fully saturated rings. The lowest BCUT2D eigenvalue weighted by molar-refractivity contribution is -0.137. The number of alkyl halides is 3. The van der Waals surface area contributed by atoms with E-state index in [1.807, 2.05) is 4.90 Å². The second-order valence-corrected chi connectivity index (χ2v) is 11.1. The van der Waals surface area contributed by atoms with Gasteiger partial charge in [0, 0.05) is 41.9 Å². The van der Waals surface area contributed by atoms with Crippen molar-refractivity contribution in [2.24, 2.45) is 0 Å². The van der Waals surface area contributed by atoms with Crippen LogP contribution in [0.4, 0.5) is 22.0 Å². The molecule has 37 heavy (non-hydrogen) atoms. The predicted octanol–water partition coefficient (Wildman–Crippen LogP) is 6.67. The van der Waals surface area contributed by atoms with Crippen molar-refractivity contribution in [3.05, 3.63) is 63.3 Å². The Kier molecular flexibility index (Phi) is 7.14. The summed E-state index contributed by atoms with van der Waals surface area (Å²) < 4.78 is 73.3. The molecule has 1 N–H and O–H groups in total. The topological polar surface area (TPSA) is 50.2 Å². The Hall–Kier alpha value is -2.37. The molecule has 0 bridgehead atoms. The molecule has 0 unspecified atom stereocenters. The molecule has 5 nitrogen and oxygen atoms in total. The van der Waals surface area contributed by atoms with Crippen molar-refractivity contribution in [1.29, 1.82) is 0 Å². The third-order valence-corrected chi connectivity index (χ3v) is 8.18.